The molecular weight excluding hydrogens is 512 g/mol. The van der Waals surface area contributed by atoms with Crippen LogP contribution in [0.25, 0.3) is 11.0 Å². The molecule has 1 heterocycles. The number of phenolic OH excluding ortho intramolecular Hbond substituents is 1. The number of phenols is 1. The largest absolute Gasteiger partial charge is 0.506 e. The van der Waals surface area contributed by atoms with E-state index in [0.29, 0.717) is 26.5 Å². The van der Waals surface area contributed by atoms with Gasteiger partial charge in [-0.2, -0.15) is 0 Å². The van der Waals surface area contributed by atoms with E-state index in [1.165, 1.54) is 0 Å². The molecule has 0 fully saturated rings. The number of ketones is 1. The van der Waals surface area contributed by atoms with E-state index in [2.05, 4.69) is 38.8 Å². The van der Waals surface area contributed by atoms with Gasteiger partial charge >= 0.3 is 0 Å². The molecule has 0 radical (unpaired) electrons. The van der Waals surface area contributed by atoms with Gasteiger partial charge in [-0.15, -0.1) is 0 Å². The van der Waals surface area contributed by atoms with Gasteiger partial charge < -0.3 is 14.6 Å². The van der Waals surface area contributed by atoms with Gasteiger partial charge in [0.15, 0.2) is 5.78 Å². The number of furan rings is 1. The number of hydrogen-bond donors (Lipinski definition) is 2. The minimum atomic E-state index is -0.116. The number of unbranched alkanes of at least 4 members (excludes halogenated alkanes) is 3. The van der Waals surface area contributed by atoms with E-state index in [-0.39, 0.29) is 18.1 Å². The number of halogens is 2. The monoisotopic (exact) mass is 536 g/mol. The van der Waals surface area contributed by atoms with E-state index < -0.39 is 0 Å². The van der Waals surface area contributed by atoms with Gasteiger partial charge in [-0.1, -0.05) is 31.9 Å². The van der Waals surface area contributed by atoms with Crippen molar-refractivity contribution in [2.45, 2.75) is 51.9 Å². The highest BCUT2D eigenvalue weighted by molar-refractivity contribution is 9.11. The van der Waals surface area contributed by atoms with Crippen molar-refractivity contribution in [3.05, 3.63) is 61.7 Å². The van der Waals surface area contributed by atoms with Crippen LogP contribution in [0.15, 0.2) is 43.7 Å². The lowest BCUT2D eigenvalue weighted by atomic mass is 9.97. The fourth-order valence-electron chi connectivity index (χ4n) is 3.59. The van der Waals surface area contributed by atoms with Crippen molar-refractivity contribution in [3.63, 3.8) is 0 Å². The second-order valence-corrected chi connectivity index (χ2v) is 9.19. The molecule has 2 aromatic carbocycles. The Kier molecular flexibility index (Phi) is 8.14. The average molecular weight is 538 g/mol. The zero-order valence-corrected chi connectivity index (χ0v) is 20.2. The van der Waals surface area contributed by atoms with Crippen LogP contribution < -0.4 is 0 Å². The molecule has 0 saturated heterocycles. The number of aliphatic hydroxyl groups is 1. The summed E-state index contributed by atoms with van der Waals surface area (Å²) in [6.07, 6.45) is 6.39. The van der Waals surface area contributed by atoms with E-state index >= 15 is 0 Å². The molecule has 6 heteroatoms. The number of benzene rings is 2. The van der Waals surface area contributed by atoms with Gasteiger partial charge in [0.25, 0.3) is 0 Å². The number of hydrogen-bond acceptors (Lipinski definition) is 4. The van der Waals surface area contributed by atoms with E-state index in [0.717, 1.165) is 60.8 Å². The molecule has 3 aromatic rings. The Hall–Kier alpha value is -1.63. The number of rotatable bonds is 10. The summed E-state index contributed by atoms with van der Waals surface area (Å²) in [6, 6.07) is 9.29. The van der Waals surface area contributed by atoms with Gasteiger partial charge in [0.2, 0.25) is 0 Å². The summed E-state index contributed by atoms with van der Waals surface area (Å²) in [5, 5.41) is 19.8. The van der Waals surface area contributed by atoms with Gasteiger partial charge in [0, 0.05) is 24.0 Å². The fourth-order valence-corrected chi connectivity index (χ4v) is 4.78. The first-order valence-corrected chi connectivity index (χ1v) is 11.9. The Balaban J connectivity index is 2.03. The first-order chi connectivity index (χ1) is 14.5. The van der Waals surface area contributed by atoms with Crippen molar-refractivity contribution in [1.29, 1.82) is 0 Å². The van der Waals surface area contributed by atoms with Gasteiger partial charge in [0.05, 0.1) is 14.5 Å². The molecule has 0 aliphatic rings. The quantitative estimate of drug-likeness (QED) is 0.217. The molecule has 30 heavy (non-hydrogen) atoms. The maximum atomic E-state index is 13.5. The SMILES string of the molecule is CCCCCc1oc2cc(CCCCO)ccc2c1C(=O)c1cc(Br)c(O)c(Br)c1. The molecule has 0 atom stereocenters. The maximum Gasteiger partial charge on any atom is 0.197 e. The molecule has 0 saturated carbocycles. The van der Waals surface area contributed by atoms with Crippen LogP contribution >= 0.6 is 31.9 Å². The predicted molar refractivity (Wildman–Crippen MR) is 126 cm³/mol. The molecule has 4 nitrogen and oxygen atoms in total. The second kappa shape index (κ2) is 10.6. The number of carbonyl (C=O) groups is 1. The minimum absolute atomic E-state index is 0.0688. The summed E-state index contributed by atoms with van der Waals surface area (Å²) >= 11 is 6.63. The highest BCUT2D eigenvalue weighted by Crippen LogP contribution is 2.36. The van der Waals surface area contributed by atoms with Crippen LogP contribution in [0.3, 0.4) is 0 Å². The van der Waals surface area contributed by atoms with E-state index in [1.807, 2.05) is 18.2 Å². The Morgan fingerprint density at radius 3 is 2.37 bits per heavy atom. The Morgan fingerprint density at radius 1 is 1.00 bits per heavy atom. The number of aryl methyl sites for hydroxylation is 2. The van der Waals surface area contributed by atoms with Crippen molar-refractivity contribution in [3.8, 4) is 5.75 Å². The molecule has 0 aliphatic heterocycles. The minimum Gasteiger partial charge on any atom is -0.506 e. The van der Waals surface area contributed by atoms with Crippen LogP contribution in [0.5, 0.6) is 5.75 Å². The van der Waals surface area contributed by atoms with Crippen LogP contribution in [0.4, 0.5) is 0 Å². The third kappa shape index (κ3) is 5.16. The molecule has 0 amide bonds. The van der Waals surface area contributed by atoms with Crippen molar-refractivity contribution in [2.75, 3.05) is 6.61 Å². The van der Waals surface area contributed by atoms with Crippen LogP contribution in [0.2, 0.25) is 0 Å². The molecule has 0 aliphatic carbocycles. The van der Waals surface area contributed by atoms with Gasteiger partial charge in [-0.3, -0.25) is 4.79 Å². The number of aliphatic hydroxyl groups excluding tert-OH is 1. The lowest BCUT2D eigenvalue weighted by Crippen LogP contribution is -2.04. The normalized spacial score (nSPS) is 11.3. The first-order valence-electron chi connectivity index (χ1n) is 10.3. The molecule has 0 spiro atoms. The van der Waals surface area contributed by atoms with Crippen LogP contribution in [0.1, 0.15) is 66.3 Å². The van der Waals surface area contributed by atoms with E-state index in [4.69, 9.17) is 9.52 Å². The summed E-state index contributed by atoms with van der Waals surface area (Å²) in [5.74, 6) is 0.672. The lowest BCUT2D eigenvalue weighted by Gasteiger charge is -2.07. The fraction of sp³-hybridized carbons (Fsp3) is 0.375. The highest BCUT2D eigenvalue weighted by atomic mass is 79.9. The zero-order chi connectivity index (χ0) is 21.7. The summed E-state index contributed by atoms with van der Waals surface area (Å²) in [5.41, 5.74) is 2.95. The van der Waals surface area contributed by atoms with Crippen LogP contribution in [0, 0.1) is 0 Å². The highest BCUT2D eigenvalue weighted by Gasteiger charge is 2.23. The summed E-state index contributed by atoms with van der Waals surface area (Å²) in [4.78, 5) is 13.5. The van der Waals surface area contributed by atoms with E-state index in [9.17, 15) is 9.90 Å². The molecule has 1 aromatic heterocycles. The van der Waals surface area contributed by atoms with Crippen molar-refractivity contribution >= 4 is 48.6 Å². The summed E-state index contributed by atoms with van der Waals surface area (Å²) < 4.78 is 7.11. The molecule has 2 N–H and O–H groups in total. The van der Waals surface area contributed by atoms with Gasteiger partial charge in [-0.05, 0) is 81.3 Å². The molecular formula is C24H26Br2O4. The number of fused-ring (bicyclic) bond motifs is 1. The van der Waals surface area contributed by atoms with Gasteiger partial charge in [0.1, 0.15) is 17.1 Å². The zero-order valence-electron chi connectivity index (χ0n) is 17.0. The third-order valence-corrected chi connectivity index (χ3v) is 6.42. The van der Waals surface area contributed by atoms with Crippen LogP contribution in [-0.2, 0) is 12.8 Å². The smallest absolute Gasteiger partial charge is 0.197 e. The summed E-state index contributed by atoms with van der Waals surface area (Å²) in [6.45, 7) is 2.34. The van der Waals surface area contributed by atoms with Crippen molar-refractivity contribution in [1.82, 2.24) is 0 Å². The standard InChI is InChI=1S/C24H26Br2O4/c1-2-3-4-8-20-22(23(28)16-13-18(25)24(29)19(26)14-16)17-10-9-15(7-5-6-11-27)12-21(17)30-20/h9-10,12-14,27,29H,2-8,11H2,1H3. The Labute approximate surface area is 193 Å². The topological polar surface area (TPSA) is 70.7 Å². The average Bonchev–Trinajstić information content (AvgIpc) is 3.09. The van der Waals surface area contributed by atoms with Crippen molar-refractivity contribution < 1.29 is 19.4 Å². The first kappa shape index (κ1) is 23.0. The molecule has 160 valence electrons. The molecule has 0 unspecified atom stereocenters. The lowest BCUT2D eigenvalue weighted by molar-refractivity contribution is 0.103. The van der Waals surface area contributed by atoms with E-state index in [1.54, 1.807) is 12.1 Å². The Morgan fingerprint density at radius 2 is 1.70 bits per heavy atom. The Bertz CT molecular complexity index is 1020. The molecule has 3 rings (SSSR count). The maximum absolute atomic E-state index is 13.5. The number of carbonyl (C=O) groups excluding carboxylic acids is 1. The van der Waals surface area contributed by atoms with Crippen LogP contribution in [-0.4, -0.2) is 22.6 Å². The van der Waals surface area contributed by atoms with Crippen molar-refractivity contribution in [2.24, 2.45) is 0 Å². The summed E-state index contributed by atoms with van der Waals surface area (Å²) in [7, 11) is 0. The molecule has 0 bridgehead atoms. The van der Waals surface area contributed by atoms with Gasteiger partial charge in [-0.25, -0.2) is 0 Å². The second-order valence-electron chi connectivity index (χ2n) is 7.49. The number of aromatic hydroxyl groups is 1. The predicted octanol–water partition coefficient (Wildman–Crippen LogP) is 6.94. The third-order valence-electron chi connectivity index (χ3n) is 5.21.